The van der Waals surface area contributed by atoms with Gasteiger partial charge in [-0.2, -0.15) is 0 Å². The molecule has 0 aromatic carbocycles. The van der Waals surface area contributed by atoms with Crippen LogP contribution in [-0.4, -0.2) is 78.1 Å². The Morgan fingerprint density at radius 2 is 2.13 bits per heavy atom. The van der Waals surface area contributed by atoms with Crippen LogP contribution < -0.4 is 5.23 Å². The molecule has 4 atom stereocenters. The molecule has 9 nitrogen and oxygen atoms in total. The van der Waals surface area contributed by atoms with Crippen molar-refractivity contribution in [2.75, 3.05) is 26.1 Å². The van der Waals surface area contributed by atoms with E-state index in [-0.39, 0.29) is 12.7 Å². The topological polar surface area (TPSA) is 104 Å². The van der Waals surface area contributed by atoms with Crippen molar-refractivity contribution in [1.29, 1.82) is 0 Å². The first kappa shape index (κ1) is 16.2. The molecule has 0 amide bonds. The molecule has 11 heteroatoms. The van der Waals surface area contributed by atoms with E-state index in [0.29, 0.717) is 17.0 Å². The maximum absolute atomic E-state index is 9.49. The molecule has 0 spiro atoms. The summed E-state index contributed by atoms with van der Waals surface area (Å²) in [7, 11) is 6.76. The van der Waals surface area contributed by atoms with Crippen LogP contribution in [0.1, 0.15) is 6.23 Å². The Kier molecular flexibility index (Phi) is 4.81. The second-order valence-electron chi connectivity index (χ2n) is 5.04. The van der Waals surface area contributed by atoms with Crippen molar-refractivity contribution in [3.05, 3.63) is 12.7 Å². The third kappa shape index (κ3) is 2.69. The van der Waals surface area contributed by atoms with Crippen molar-refractivity contribution < 1.29 is 19.3 Å². The number of aliphatic hydroxyl groups excluding tert-OH is 1. The summed E-state index contributed by atoms with van der Waals surface area (Å²) in [4.78, 5) is 12.7. The van der Waals surface area contributed by atoms with Gasteiger partial charge < -0.3 is 0 Å². The zero-order valence-corrected chi connectivity index (χ0v) is 12.9. The molecule has 1 fully saturated rings. The van der Waals surface area contributed by atoms with Gasteiger partial charge in [-0.3, -0.25) is 0 Å². The molecule has 2 N–H and O–H groups in total. The number of nitrogens with one attached hydrogen (secondary N) is 1. The molecule has 1 aliphatic heterocycles. The molecule has 0 aliphatic carbocycles. The van der Waals surface area contributed by atoms with Crippen LogP contribution in [0.3, 0.4) is 0 Å². The van der Waals surface area contributed by atoms with Crippen molar-refractivity contribution in [2.45, 2.75) is 24.5 Å². The minimum atomic E-state index is -0.515. The second kappa shape index (κ2) is 6.83. The number of hydrogen-bond acceptors (Lipinski definition) is 8. The van der Waals surface area contributed by atoms with E-state index in [0.717, 1.165) is 0 Å². The summed E-state index contributed by atoms with van der Waals surface area (Å²) < 4.78 is 18.6. The minimum absolute atomic E-state index is 0.167. The molecule has 1 aliphatic rings. The molecule has 2 aromatic heterocycles. The number of hydrogen-bond donors (Lipinski definition) is 2. The predicted molar refractivity (Wildman–Crippen MR) is 84.4 cm³/mol. The van der Waals surface area contributed by atoms with Gasteiger partial charge in [0.2, 0.25) is 0 Å². The van der Waals surface area contributed by atoms with E-state index in [2.05, 4.69) is 27.5 Å². The number of methoxy groups -OCH3 is 2. The monoisotopic (exact) mass is 317 g/mol. The van der Waals surface area contributed by atoms with E-state index in [9.17, 15) is 5.11 Å². The Labute approximate surface area is 134 Å². The number of aromatic nitrogens is 4. The normalized spacial score (nSPS) is 27.2. The van der Waals surface area contributed by atoms with Gasteiger partial charge in [0.05, 0.1) is 0 Å². The number of rotatable bonds is 6. The zero-order valence-electron chi connectivity index (χ0n) is 12.9. The Hall–Kier alpha value is -1.68. The van der Waals surface area contributed by atoms with Crippen LogP contribution in [0.5, 0.6) is 0 Å². The zero-order chi connectivity index (χ0) is 16.4. The summed E-state index contributed by atoms with van der Waals surface area (Å²) in [5, 5.41) is 12.4. The van der Waals surface area contributed by atoms with Crippen molar-refractivity contribution >= 4 is 31.3 Å². The summed E-state index contributed by atoms with van der Waals surface area (Å²) >= 11 is 0. The molecule has 3 heterocycles. The SMILES string of the molecule is B=BNc1ncnc2c1ncn2[C@@H]1O[C@H](CO)C(OC)[C@@H]1OC. The van der Waals surface area contributed by atoms with Crippen molar-refractivity contribution in [3.8, 4) is 0 Å². The first-order chi connectivity index (χ1) is 11.2. The molecule has 0 radical (unpaired) electrons. The van der Waals surface area contributed by atoms with Crippen LogP contribution in [-0.2, 0) is 14.2 Å². The molecule has 120 valence electrons. The molecule has 0 bridgehead atoms. The quantitative estimate of drug-likeness (QED) is 0.627. The predicted octanol–water partition coefficient (Wildman–Crippen LogP) is -1.41. The summed E-state index contributed by atoms with van der Waals surface area (Å²) in [6.45, 7) is 1.35. The number of anilines is 1. The summed E-state index contributed by atoms with van der Waals surface area (Å²) in [5.41, 5.74) is 1.18. The average molecular weight is 317 g/mol. The fourth-order valence-corrected chi connectivity index (χ4v) is 2.86. The summed E-state index contributed by atoms with van der Waals surface area (Å²) in [6.07, 6.45) is 1.25. The molecule has 2 aromatic rings. The molecule has 23 heavy (non-hydrogen) atoms. The van der Waals surface area contributed by atoms with Gasteiger partial charge in [-0.25, -0.2) is 0 Å². The van der Waals surface area contributed by atoms with Crippen LogP contribution in [0.15, 0.2) is 12.7 Å². The van der Waals surface area contributed by atoms with E-state index in [1.54, 1.807) is 25.1 Å². The van der Waals surface area contributed by atoms with Crippen LogP contribution in [0.25, 0.3) is 11.2 Å². The Morgan fingerprint density at radius 1 is 1.35 bits per heavy atom. The van der Waals surface area contributed by atoms with Gasteiger partial charge in [-0.15, -0.1) is 0 Å². The second-order valence-corrected chi connectivity index (χ2v) is 5.04. The Morgan fingerprint density at radius 3 is 2.78 bits per heavy atom. The first-order valence-electron chi connectivity index (χ1n) is 7.12. The summed E-state index contributed by atoms with van der Waals surface area (Å²) in [6, 6.07) is 0. The molecular weight excluding hydrogens is 300 g/mol. The standard InChI is InChI=1S/C12H17B2N5O4/c1-21-8-6(3-20)23-12(9(8)22-2)19-5-17-7-10(18-14-13)15-4-16-11(7)19/h4-6,8-9,12-13,20H,3H2,1-2H3,(H,15,16,18)/t6-,8?,9+,12-/m1/s1. The van der Waals surface area contributed by atoms with Gasteiger partial charge in [-0.05, 0) is 0 Å². The maximum atomic E-state index is 9.49. The fraction of sp³-hybridized carbons (Fsp3) is 0.583. The number of imidazole rings is 1. The molecular formula is C12H17B2N5O4. The van der Waals surface area contributed by atoms with Gasteiger partial charge >= 0.3 is 133 Å². The van der Waals surface area contributed by atoms with E-state index in [1.165, 1.54) is 13.3 Å². The van der Waals surface area contributed by atoms with E-state index >= 15 is 0 Å². The van der Waals surface area contributed by atoms with E-state index in [1.807, 2.05) is 0 Å². The van der Waals surface area contributed by atoms with Crippen LogP contribution in [0.2, 0.25) is 0 Å². The first-order valence-corrected chi connectivity index (χ1v) is 7.12. The van der Waals surface area contributed by atoms with Gasteiger partial charge in [0.1, 0.15) is 0 Å². The van der Waals surface area contributed by atoms with E-state index < -0.39 is 18.4 Å². The van der Waals surface area contributed by atoms with Gasteiger partial charge in [-0.1, -0.05) is 0 Å². The van der Waals surface area contributed by atoms with Gasteiger partial charge in [0.25, 0.3) is 0 Å². The third-order valence-electron chi connectivity index (χ3n) is 3.88. The molecule has 1 unspecified atom stereocenters. The molecule has 0 saturated carbocycles. The Bertz CT molecular complexity index is 699. The van der Waals surface area contributed by atoms with Crippen molar-refractivity contribution in [3.63, 3.8) is 0 Å². The van der Waals surface area contributed by atoms with Gasteiger partial charge in [0, 0.05) is 0 Å². The summed E-state index contributed by atoms with van der Waals surface area (Å²) in [5.74, 6) is 0.553. The third-order valence-corrected chi connectivity index (χ3v) is 3.88. The van der Waals surface area contributed by atoms with E-state index in [4.69, 9.17) is 14.2 Å². The number of aliphatic hydroxyl groups is 1. The van der Waals surface area contributed by atoms with Crippen LogP contribution in [0.4, 0.5) is 5.82 Å². The average Bonchev–Trinajstić information content (AvgIpc) is 3.15. The van der Waals surface area contributed by atoms with Gasteiger partial charge in [0.15, 0.2) is 0 Å². The van der Waals surface area contributed by atoms with Crippen LogP contribution >= 0.6 is 0 Å². The molecule has 1 saturated heterocycles. The van der Waals surface area contributed by atoms with Crippen LogP contribution in [0, 0.1) is 0 Å². The Balaban J connectivity index is 2.02. The number of ether oxygens (including phenoxy) is 3. The number of fused-ring (bicyclic) bond motifs is 1. The molecule has 3 rings (SSSR count). The number of nitrogens with zero attached hydrogens (tertiary/aromatic N) is 4. The van der Waals surface area contributed by atoms with Crippen molar-refractivity contribution in [1.82, 2.24) is 19.5 Å². The fourth-order valence-electron chi connectivity index (χ4n) is 2.86. The van der Waals surface area contributed by atoms with Crippen molar-refractivity contribution in [2.24, 2.45) is 0 Å².